The zero-order chi connectivity index (χ0) is 13.7. The van der Waals surface area contributed by atoms with E-state index in [4.69, 9.17) is 5.11 Å². The first-order valence-electron chi connectivity index (χ1n) is 6.06. The van der Waals surface area contributed by atoms with Crippen LogP contribution < -0.4 is 5.32 Å². The Balaban J connectivity index is 2.82. The molecule has 5 nitrogen and oxygen atoms in total. The lowest BCUT2D eigenvalue weighted by Crippen LogP contribution is -2.41. The molecule has 3 atom stereocenters. The van der Waals surface area contributed by atoms with Crippen molar-refractivity contribution in [3.05, 3.63) is 23.8 Å². The van der Waals surface area contributed by atoms with Gasteiger partial charge in [-0.05, 0) is 31.0 Å². The summed E-state index contributed by atoms with van der Waals surface area (Å²) in [6.07, 6.45) is -0.136. The number of nitrogens with one attached hydrogen (secondary N) is 1. The molecule has 0 aliphatic rings. The van der Waals surface area contributed by atoms with Gasteiger partial charge in [0.05, 0.1) is 12.7 Å². The number of rotatable bonds is 6. The van der Waals surface area contributed by atoms with Crippen molar-refractivity contribution in [3.8, 4) is 11.5 Å². The van der Waals surface area contributed by atoms with E-state index in [1.165, 1.54) is 12.1 Å². The maximum Gasteiger partial charge on any atom is 0.157 e. The van der Waals surface area contributed by atoms with E-state index in [1.54, 1.807) is 6.07 Å². The molecule has 102 valence electrons. The summed E-state index contributed by atoms with van der Waals surface area (Å²) >= 11 is 0. The van der Waals surface area contributed by atoms with E-state index in [0.29, 0.717) is 12.0 Å². The maximum absolute atomic E-state index is 10.2. The van der Waals surface area contributed by atoms with Crippen molar-refractivity contribution < 1.29 is 20.4 Å². The van der Waals surface area contributed by atoms with Crippen molar-refractivity contribution in [2.75, 3.05) is 6.61 Å². The third kappa shape index (κ3) is 3.60. The van der Waals surface area contributed by atoms with Crippen LogP contribution >= 0.6 is 0 Å². The first-order valence-corrected chi connectivity index (χ1v) is 6.06. The summed E-state index contributed by atoms with van der Waals surface area (Å²) in [5.74, 6) is -0.465. The van der Waals surface area contributed by atoms with Crippen LogP contribution in [0.25, 0.3) is 0 Å². The lowest BCUT2D eigenvalue weighted by atomic mass is 9.99. The lowest BCUT2D eigenvalue weighted by Gasteiger charge is -2.26. The molecule has 0 aliphatic heterocycles. The Morgan fingerprint density at radius 1 is 1.22 bits per heavy atom. The molecule has 0 heterocycles. The van der Waals surface area contributed by atoms with Crippen LogP contribution in [0.5, 0.6) is 11.5 Å². The monoisotopic (exact) mass is 255 g/mol. The first-order chi connectivity index (χ1) is 8.49. The quantitative estimate of drug-likeness (QED) is 0.487. The molecule has 1 aromatic rings. The van der Waals surface area contributed by atoms with Gasteiger partial charge < -0.3 is 25.7 Å². The summed E-state index contributed by atoms with van der Waals surface area (Å²) in [7, 11) is 0. The molecule has 0 fully saturated rings. The second-order valence-corrected chi connectivity index (χ2v) is 4.46. The van der Waals surface area contributed by atoms with Crippen LogP contribution in [-0.2, 0) is 0 Å². The fourth-order valence-electron chi connectivity index (χ4n) is 1.81. The third-order valence-electron chi connectivity index (χ3n) is 2.93. The Bertz CT molecular complexity index is 383. The van der Waals surface area contributed by atoms with E-state index in [-0.39, 0.29) is 30.2 Å². The Morgan fingerprint density at radius 3 is 2.39 bits per heavy atom. The van der Waals surface area contributed by atoms with E-state index in [0.717, 1.165) is 0 Å². The van der Waals surface area contributed by atoms with Gasteiger partial charge in [0.15, 0.2) is 11.5 Å². The molecule has 0 radical (unpaired) electrons. The highest BCUT2D eigenvalue weighted by Gasteiger charge is 2.21. The Kier molecular flexibility index (Phi) is 5.40. The minimum atomic E-state index is -0.810. The molecule has 0 aromatic heterocycles. The highest BCUT2D eigenvalue weighted by Crippen LogP contribution is 2.29. The molecule has 0 saturated carbocycles. The van der Waals surface area contributed by atoms with Crippen LogP contribution in [0.2, 0.25) is 0 Å². The molecule has 0 amide bonds. The van der Waals surface area contributed by atoms with Gasteiger partial charge in [-0.3, -0.25) is 0 Å². The van der Waals surface area contributed by atoms with Gasteiger partial charge in [0.25, 0.3) is 0 Å². The topological polar surface area (TPSA) is 93.0 Å². The second-order valence-electron chi connectivity index (χ2n) is 4.46. The molecule has 1 rings (SSSR count). The highest BCUT2D eigenvalue weighted by atomic mass is 16.3. The van der Waals surface area contributed by atoms with Gasteiger partial charge in [0, 0.05) is 12.1 Å². The van der Waals surface area contributed by atoms with Gasteiger partial charge in [0.2, 0.25) is 0 Å². The van der Waals surface area contributed by atoms with Crippen molar-refractivity contribution in [2.45, 2.75) is 38.5 Å². The first kappa shape index (κ1) is 14.8. The van der Waals surface area contributed by atoms with Crippen molar-refractivity contribution in [2.24, 2.45) is 0 Å². The molecular weight excluding hydrogens is 234 g/mol. The molecule has 5 heteroatoms. The summed E-state index contributed by atoms with van der Waals surface area (Å²) in [4.78, 5) is 0. The summed E-state index contributed by atoms with van der Waals surface area (Å²) < 4.78 is 0. The molecule has 3 unspecified atom stereocenters. The van der Waals surface area contributed by atoms with E-state index in [2.05, 4.69) is 5.32 Å². The fraction of sp³-hybridized carbons (Fsp3) is 0.538. The summed E-state index contributed by atoms with van der Waals surface area (Å²) in [6.45, 7) is 3.74. The molecule has 1 aromatic carbocycles. The van der Waals surface area contributed by atoms with Crippen LogP contribution in [0.15, 0.2) is 18.2 Å². The summed E-state index contributed by atoms with van der Waals surface area (Å²) in [6, 6.07) is 3.91. The van der Waals surface area contributed by atoms with Crippen LogP contribution in [0, 0.1) is 0 Å². The van der Waals surface area contributed by atoms with Gasteiger partial charge in [-0.25, -0.2) is 0 Å². The number of aliphatic hydroxyl groups is 2. The Morgan fingerprint density at radius 2 is 1.89 bits per heavy atom. The maximum atomic E-state index is 10.2. The standard InChI is InChI=1S/C13H21NO4/c1-3-10(14-8(2)7-15)13(18)9-4-5-11(16)12(17)6-9/h4-6,8,10,13-18H,3,7H2,1-2H3. The molecule has 0 spiro atoms. The number of phenolic OH excluding ortho intramolecular Hbond substituents is 2. The minimum Gasteiger partial charge on any atom is -0.504 e. The largest absolute Gasteiger partial charge is 0.504 e. The van der Waals surface area contributed by atoms with Gasteiger partial charge in [0.1, 0.15) is 0 Å². The summed E-state index contributed by atoms with van der Waals surface area (Å²) in [5, 5.41) is 40.9. The van der Waals surface area contributed by atoms with E-state index < -0.39 is 6.10 Å². The highest BCUT2D eigenvalue weighted by molar-refractivity contribution is 5.41. The molecule has 0 saturated heterocycles. The smallest absolute Gasteiger partial charge is 0.157 e. The number of hydrogen-bond acceptors (Lipinski definition) is 5. The van der Waals surface area contributed by atoms with E-state index in [9.17, 15) is 15.3 Å². The zero-order valence-corrected chi connectivity index (χ0v) is 10.7. The number of benzene rings is 1. The average Bonchev–Trinajstić information content (AvgIpc) is 2.38. The number of aliphatic hydroxyl groups excluding tert-OH is 2. The van der Waals surface area contributed by atoms with Gasteiger partial charge in [-0.1, -0.05) is 13.0 Å². The fourth-order valence-corrected chi connectivity index (χ4v) is 1.81. The van der Waals surface area contributed by atoms with Crippen molar-refractivity contribution in [3.63, 3.8) is 0 Å². The molecule has 0 bridgehead atoms. The normalized spacial score (nSPS) is 16.2. The van der Waals surface area contributed by atoms with Gasteiger partial charge in [-0.2, -0.15) is 0 Å². The van der Waals surface area contributed by atoms with Crippen LogP contribution in [0.4, 0.5) is 0 Å². The van der Waals surface area contributed by atoms with Gasteiger partial charge >= 0.3 is 0 Å². The average molecular weight is 255 g/mol. The van der Waals surface area contributed by atoms with Crippen LogP contribution in [0.1, 0.15) is 31.9 Å². The summed E-state index contributed by atoms with van der Waals surface area (Å²) in [5.41, 5.74) is 0.523. The van der Waals surface area contributed by atoms with Crippen molar-refractivity contribution in [1.29, 1.82) is 0 Å². The van der Waals surface area contributed by atoms with Gasteiger partial charge in [-0.15, -0.1) is 0 Å². The minimum absolute atomic E-state index is 0.00987. The predicted octanol–water partition coefficient (Wildman–Crippen LogP) is 0.880. The third-order valence-corrected chi connectivity index (χ3v) is 2.93. The van der Waals surface area contributed by atoms with Crippen molar-refractivity contribution in [1.82, 2.24) is 5.32 Å². The Labute approximate surface area is 107 Å². The van der Waals surface area contributed by atoms with E-state index in [1.807, 2.05) is 13.8 Å². The Hall–Kier alpha value is -1.30. The second kappa shape index (κ2) is 6.58. The lowest BCUT2D eigenvalue weighted by molar-refractivity contribution is 0.111. The van der Waals surface area contributed by atoms with Crippen molar-refractivity contribution >= 4 is 0 Å². The van der Waals surface area contributed by atoms with E-state index >= 15 is 0 Å². The predicted molar refractivity (Wildman–Crippen MR) is 68.5 cm³/mol. The molecule has 5 N–H and O–H groups in total. The molecule has 0 aliphatic carbocycles. The zero-order valence-electron chi connectivity index (χ0n) is 10.7. The number of aromatic hydroxyl groups is 2. The van der Waals surface area contributed by atoms with Crippen LogP contribution in [0.3, 0.4) is 0 Å². The molecule has 18 heavy (non-hydrogen) atoms. The molecular formula is C13H21NO4. The number of phenols is 2. The number of hydrogen-bond donors (Lipinski definition) is 5. The SMILES string of the molecule is CCC(NC(C)CO)C(O)c1ccc(O)c(O)c1. The van der Waals surface area contributed by atoms with Crippen LogP contribution in [-0.4, -0.2) is 39.1 Å².